The Morgan fingerprint density at radius 3 is 1.51 bits per heavy atom. The number of aryl methyl sites for hydroxylation is 2. The average Bonchev–Trinajstić information content (AvgIpc) is 3.49. The molecular weight excluding hydrogens is 583 g/mol. The van der Waals surface area contributed by atoms with Gasteiger partial charge in [0.05, 0.1) is 31.5 Å². The highest BCUT2D eigenvalue weighted by Crippen LogP contribution is 2.66. The Kier molecular flexibility index (Phi) is 12.3. The fourth-order valence-corrected chi connectivity index (χ4v) is 14.7. The minimum Gasteiger partial charge on any atom is -0.198 e. The van der Waals surface area contributed by atoms with Crippen molar-refractivity contribution in [2.75, 3.05) is 23.5 Å². The molecule has 2 aliphatic heterocycles. The van der Waals surface area contributed by atoms with Crippen LogP contribution in [0.25, 0.3) is 0 Å². The van der Waals surface area contributed by atoms with Crippen LogP contribution in [0.3, 0.4) is 0 Å². The molecule has 2 aliphatic rings. The van der Waals surface area contributed by atoms with E-state index in [-0.39, 0.29) is 0 Å². The molecule has 182 valence electrons. The van der Waals surface area contributed by atoms with Gasteiger partial charge in [0.15, 0.2) is 0 Å². The van der Waals surface area contributed by atoms with Crippen LogP contribution >= 0.6 is 94.1 Å². The maximum atomic E-state index is 8.91. The molecule has 1 nitrogen and oxygen atoms in total. The van der Waals surface area contributed by atoms with Gasteiger partial charge in [-0.2, -0.15) is 5.26 Å². The van der Waals surface area contributed by atoms with Gasteiger partial charge in [-0.15, -0.1) is 47.0 Å². The van der Waals surface area contributed by atoms with Crippen LogP contribution in [-0.2, 0) is 12.8 Å². The Balaban J connectivity index is 1.41. The number of hydrogen-bond acceptors (Lipinski definition) is 9. The third-order valence-electron chi connectivity index (χ3n) is 4.81. The second kappa shape index (κ2) is 15.4. The molecule has 0 aliphatic carbocycles. The van der Waals surface area contributed by atoms with Crippen molar-refractivity contribution in [2.24, 2.45) is 0 Å². The minimum absolute atomic E-state index is 0.600. The first-order chi connectivity index (χ1) is 17.3. The van der Waals surface area contributed by atoms with E-state index in [1.54, 1.807) is 0 Å². The second-order valence-corrected chi connectivity index (χ2v) is 17.0. The highest BCUT2D eigenvalue weighted by molar-refractivity contribution is 8.45. The van der Waals surface area contributed by atoms with Crippen molar-refractivity contribution in [3.8, 4) is 6.07 Å². The molecule has 0 spiro atoms. The van der Waals surface area contributed by atoms with Gasteiger partial charge in [-0.3, -0.25) is 0 Å². The summed E-state index contributed by atoms with van der Waals surface area (Å²) in [5, 5.41) is 8.91. The predicted molar refractivity (Wildman–Crippen MR) is 173 cm³/mol. The zero-order valence-electron chi connectivity index (χ0n) is 19.2. The van der Waals surface area contributed by atoms with Crippen LogP contribution in [0.1, 0.15) is 17.5 Å². The Morgan fingerprint density at radius 2 is 1.06 bits per heavy atom. The van der Waals surface area contributed by atoms with Crippen molar-refractivity contribution in [1.82, 2.24) is 0 Å². The summed E-state index contributed by atoms with van der Waals surface area (Å²) in [5.74, 6) is 3.07. The van der Waals surface area contributed by atoms with Gasteiger partial charge in [0.25, 0.3) is 0 Å². The van der Waals surface area contributed by atoms with E-state index < -0.39 is 0 Å². The van der Waals surface area contributed by atoms with E-state index in [1.165, 1.54) is 36.5 Å². The van der Waals surface area contributed by atoms with Gasteiger partial charge < -0.3 is 0 Å². The number of nitrogens with zero attached hydrogens (tertiary/aromatic N) is 1. The standard InChI is InChI=1S/C26H25NS8/c1-28-21-22(29-16-8-15-27)33-25(32-21)26-34-23(30-17-13-19-9-4-2-5-10-19)24(35-26)31-18-14-20-11-6-3-7-12-20/h2-7,9-12H,8,13-14,16-18H2,1H3. The minimum atomic E-state index is 0.600. The zero-order valence-corrected chi connectivity index (χ0v) is 25.8. The number of thioether (sulfide) groups is 8. The van der Waals surface area contributed by atoms with Gasteiger partial charge in [-0.1, -0.05) is 108 Å². The van der Waals surface area contributed by atoms with Crippen LogP contribution in [0.2, 0.25) is 0 Å². The first kappa shape index (κ1) is 28.0. The molecule has 35 heavy (non-hydrogen) atoms. The lowest BCUT2D eigenvalue weighted by molar-refractivity contribution is 1.16. The molecular formula is C26H25NS8. The number of nitriles is 1. The lowest BCUT2D eigenvalue weighted by Crippen LogP contribution is -1.89. The molecule has 0 bridgehead atoms. The molecule has 0 saturated heterocycles. The molecule has 0 amide bonds. The summed E-state index contributed by atoms with van der Waals surface area (Å²) in [6.07, 6.45) is 4.94. The van der Waals surface area contributed by atoms with Crippen LogP contribution in [-0.4, -0.2) is 23.5 Å². The van der Waals surface area contributed by atoms with E-state index in [4.69, 9.17) is 5.26 Å². The number of rotatable bonds is 12. The van der Waals surface area contributed by atoms with Gasteiger partial charge in [0, 0.05) is 23.7 Å². The maximum Gasteiger partial charge on any atom is 0.0717 e. The molecule has 0 fully saturated rings. The molecule has 4 rings (SSSR count). The molecule has 2 aromatic rings. The van der Waals surface area contributed by atoms with Crippen molar-refractivity contribution in [3.05, 3.63) is 97.2 Å². The van der Waals surface area contributed by atoms with Crippen LogP contribution in [0.4, 0.5) is 0 Å². The van der Waals surface area contributed by atoms with Crippen molar-refractivity contribution in [2.45, 2.75) is 19.3 Å². The lowest BCUT2D eigenvalue weighted by Gasteiger charge is -2.06. The third kappa shape index (κ3) is 8.75. The number of benzene rings is 2. The zero-order chi connectivity index (χ0) is 24.3. The van der Waals surface area contributed by atoms with E-state index in [0.29, 0.717) is 6.42 Å². The Labute approximate surface area is 243 Å². The molecule has 2 aromatic carbocycles. The smallest absolute Gasteiger partial charge is 0.0717 e. The molecule has 0 unspecified atom stereocenters. The average molecular weight is 608 g/mol. The first-order valence-corrected chi connectivity index (χ1v) is 18.5. The van der Waals surface area contributed by atoms with Crippen molar-refractivity contribution >= 4 is 94.1 Å². The van der Waals surface area contributed by atoms with Crippen molar-refractivity contribution in [1.29, 1.82) is 5.26 Å². The Bertz CT molecular complexity index is 1060. The monoisotopic (exact) mass is 607 g/mol. The highest BCUT2D eigenvalue weighted by Gasteiger charge is 2.30. The fraction of sp³-hybridized carbons (Fsp3) is 0.269. The van der Waals surface area contributed by atoms with E-state index in [0.717, 1.165) is 30.1 Å². The van der Waals surface area contributed by atoms with E-state index >= 15 is 0 Å². The van der Waals surface area contributed by atoms with Gasteiger partial charge in [-0.25, -0.2) is 0 Å². The molecule has 0 aromatic heterocycles. The Morgan fingerprint density at radius 1 is 0.629 bits per heavy atom. The van der Waals surface area contributed by atoms with Gasteiger partial charge in [0.1, 0.15) is 0 Å². The van der Waals surface area contributed by atoms with Gasteiger partial charge in [0.2, 0.25) is 0 Å². The van der Waals surface area contributed by atoms with Crippen LogP contribution in [0.15, 0.2) is 86.1 Å². The van der Waals surface area contributed by atoms with Crippen molar-refractivity contribution in [3.63, 3.8) is 0 Å². The molecule has 9 heteroatoms. The lowest BCUT2D eigenvalue weighted by atomic mass is 10.2. The molecule has 2 heterocycles. The fourth-order valence-electron chi connectivity index (χ4n) is 3.10. The van der Waals surface area contributed by atoms with Gasteiger partial charge >= 0.3 is 0 Å². The quantitative estimate of drug-likeness (QED) is 0.218. The van der Waals surface area contributed by atoms with Crippen molar-refractivity contribution < 1.29 is 0 Å². The summed E-state index contributed by atoms with van der Waals surface area (Å²) in [5.41, 5.74) is 2.81. The van der Waals surface area contributed by atoms with Crippen LogP contribution < -0.4 is 0 Å². The maximum absolute atomic E-state index is 8.91. The normalized spacial score (nSPS) is 15.9. The number of hydrogen-bond donors (Lipinski definition) is 0. The predicted octanol–water partition coefficient (Wildman–Crippen LogP) is 10.3. The first-order valence-electron chi connectivity index (χ1n) is 11.1. The third-order valence-corrected chi connectivity index (χ3v) is 16.2. The SMILES string of the molecule is CSC1=C(SCCC#N)SC(=C2SC(SCCc3ccccc3)=C(SCCc3ccccc3)S2)S1. The van der Waals surface area contributed by atoms with Crippen LogP contribution in [0, 0.1) is 11.3 Å². The molecule has 0 N–H and O–H groups in total. The largest absolute Gasteiger partial charge is 0.198 e. The van der Waals surface area contributed by atoms with Gasteiger partial charge in [-0.05, 0) is 30.2 Å². The van der Waals surface area contributed by atoms with E-state index in [2.05, 4.69) is 73.0 Å². The summed E-state index contributed by atoms with van der Waals surface area (Å²) in [4.78, 5) is 0. The summed E-state index contributed by atoms with van der Waals surface area (Å²) < 4.78 is 8.50. The summed E-state index contributed by atoms with van der Waals surface area (Å²) >= 11 is 15.4. The molecule has 0 atom stereocenters. The molecule has 0 saturated carbocycles. The summed E-state index contributed by atoms with van der Waals surface area (Å²) in [6, 6.07) is 23.8. The van der Waals surface area contributed by atoms with E-state index in [1.807, 2.05) is 94.1 Å². The van der Waals surface area contributed by atoms with E-state index in [9.17, 15) is 0 Å². The highest BCUT2D eigenvalue weighted by atomic mass is 32.3. The summed E-state index contributed by atoms with van der Waals surface area (Å²) in [7, 11) is 0. The molecule has 0 radical (unpaired) electrons. The summed E-state index contributed by atoms with van der Waals surface area (Å²) in [6.45, 7) is 0. The second-order valence-electron chi connectivity index (χ2n) is 7.26. The van der Waals surface area contributed by atoms with Crippen LogP contribution in [0.5, 0.6) is 0 Å². The Hall–Kier alpha value is -0.0500. The topological polar surface area (TPSA) is 23.8 Å².